The molecule has 108 valence electrons. The van der Waals surface area contributed by atoms with Crippen molar-refractivity contribution in [3.05, 3.63) is 29.6 Å². The van der Waals surface area contributed by atoms with Crippen molar-refractivity contribution in [1.29, 1.82) is 0 Å². The van der Waals surface area contributed by atoms with Gasteiger partial charge in [-0.2, -0.15) is 13.2 Å². The first-order valence-corrected chi connectivity index (χ1v) is 5.71. The van der Waals surface area contributed by atoms with Gasteiger partial charge in [-0.15, -0.1) is 0 Å². The first kappa shape index (κ1) is 16.0. The van der Waals surface area contributed by atoms with Gasteiger partial charge in [0.1, 0.15) is 12.3 Å². The van der Waals surface area contributed by atoms with Crippen LogP contribution in [0.3, 0.4) is 0 Å². The number of halogens is 3. The lowest BCUT2D eigenvalue weighted by Crippen LogP contribution is -2.31. The second-order valence-corrected chi connectivity index (χ2v) is 3.98. The standard InChI is InChI=1S/C13H13F3N2O2/c1-18(7-6-13(14,15)16)12(20)11-5-4-10(9-17-11)3-2-8-19/h4-5,9,19H,6-8H2,1H3. The SMILES string of the molecule is CN(CCC(F)(F)F)C(=O)c1ccc(C#CCO)cn1. The Labute approximate surface area is 114 Å². The van der Waals surface area contributed by atoms with Gasteiger partial charge in [0.25, 0.3) is 5.91 Å². The van der Waals surface area contributed by atoms with Gasteiger partial charge in [-0.3, -0.25) is 4.79 Å². The predicted molar refractivity (Wildman–Crippen MR) is 65.8 cm³/mol. The van der Waals surface area contributed by atoms with E-state index in [2.05, 4.69) is 16.8 Å². The number of amides is 1. The molecule has 20 heavy (non-hydrogen) atoms. The Morgan fingerprint density at radius 2 is 2.15 bits per heavy atom. The van der Waals surface area contributed by atoms with E-state index in [-0.39, 0.29) is 12.3 Å². The molecule has 1 rings (SSSR count). The van der Waals surface area contributed by atoms with Gasteiger partial charge >= 0.3 is 6.18 Å². The topological polar surface area (TPSA) is 53.4 Å². The van der Waals surface area contributed by atoms with Gasteiger partial charge in [-0.1, -0.05) is 11.8 Å². The molecule has 0 aliphatic rings. The van der Waals surface area contributed by atoms with E-state index in [1.165, 1.54) is 25.4 Å². The predicted octanol–water partition coefficient (Wildman–Crippen LogP) is 1.45. The van der Waals surface area contributed by atoms with E-state index in [0.717, 1.165) is 4.90 Å². The molecule has 0 aliphatic carbocycles. The quantitative estimate of drug-likeness (QED) is 0.856. The molecule has 0 bridgehead atoms. The van der Waals surface area contributed by atoms with Crippen molar-refractivity contribution in [3.63, 3.8) is 0 Å². The molecule has 7 heteroatoms. The maximum atomic E-state index is 12.1. The molecule has 1 aromatic heterocycles. The summed E-state index contributed by atoms with van der Waals surface area (Å²) in [4.78, 5) is 16.6. The van der Waals surface area contributed by atoms with Crippen LogP contribution in [-0.2, 0) is 0 Å². The lowest BCUT2D eigenvalue weighted by Gasteiger charge is -2.17. The van der Waals surface area contributed by atoms with E-state index in [9.17, 15) is 18.0 Å². The minimum atomic E-state index is -4.30. The Bertz CT molecular complexity index is 515. The molecule has 0 saturated heterocycles. The van der Waals surface area contributed by atoms with Gasteiger partial charge in [-0.25, -0.2) is 4.98 Å². The fourth-order valence-electron chi connectivity index (χ4n) is 1.33. The number of pyridine rings is 1. The van der Waals surface area contributed by atoms with Gasteiger partial charge in [0, 0.05) is 25.4 Å². The number of aliphatic hydroxyl groups excluding tert-OH is 1. The summed E-state index contributed by atoms with van der Waals surface area (Å²) in [5, 5.41) is 8.52. The molecule has 0 saturated carbocycles. The van der Waals surface area contributed by atoms with E-state index < -0.39 is 25.0 Å². The van der Waals surface area contributed by atoms with Crippen LogP contribution >= 0.6 is 0 Å². The Balaban J connectivity index is 2.67. The second kappa shape index (κ2) is 6.91. The molecule has 1 heterocycles. The first-order valence-electron chi connectivity index (χ1n) is 5.71. The summed E-state index contributed by atoms with van der Waals surface area (Å²) >= 11 is 0. The van der Waals surface area contributed by atoms with E-state index in [1.54, 1.807) is 0 Å². The van der Waals surface area contributed by atoms with Crippen molar-refractivity contribution < 1.29 is 23.1 Å². The first-order chi connectivity index (χ1) is 9.33. The molecular formula is C13H13F3N2O2. The molecule has 0 radical (unpaired) electrons. The highest BCUT2D eigenvalue weighted by Gasteiger charge is 2.28. The maximum Gasteiger partial charge on any atom is 0.390 e. The highest BCUT2D eigenvalue weighted by molar-refractivity contribution is 5.92. The van der Waals surface area contributed by atoms with Crippen molar-refractivity contribution in [2.24, 2.45) is 0 Å². The highest BCUT2D eigenvalue weighted by Crippen LogP contribution is 2.19. The molecule has 1 amide bonds. The summed E-state index contributed by atoms with van der Waals surface area (Å²) in [6.07, 6.45) is -4.03. The van der Waals surface area contributed by atoms with E-state index in [4.69, 9.17) is 5.11 Å². The number of hydrogen-bond acceptors (Lipinski definition) is 3. The molecule has 0 spiro atoms. The van der Waals surface area contributed by atoms with Crippen LogP contribution < -0.4 is 0 Å². The van der Waals surface area contributed by atoms with E-state index in [0.29, 0.717) is 5.56 Å². The molecule has 0 fully saturated rings. The molecule has 4 nitrogen and oxygen atoms in total. The lowest BCUT2D eigenvalue weighted by atomic mass is 10.2. The van der Waals surface area contributed by atoms with Gasteiger partial charge in [0.05, 0.1) is 6.42 Å². The highest BCUT2D eigenvalue weighted by atomic mass is 19.4. The van der Waals surface area contributed by atoms with Crippen LogP contribution in [-0.4, -0.2) is 47.3 Å². The summed E-state index contributed by atoms with van der Waals surface area (Å²) in [5.41, 5.74) is 0.553. The van der Waals surface area contributed by atoms with Crippen LogP contribution in [0, 0.1) is 11.8 Å². The monoisotopic (exact) mass is 286 g/mol. The normalized spacial score (nSPS) is 10.7. The van der Waals surface area contributed by atoms with E-state index in [1.807, 2.05) is 0 Å². The molecule has 0 atom stereocenters. The number of aliphatic hydroxyl groups is 1. The number of carbonyl (C=O) groups excluding carboxylic acids is 1. The smallest absolute Gasteiger partial charge is 0.384 e. The summed E-state index contributed by atoms with van der Waals surface area (Å²) in [6, 6.07) is 2.90. The lowest BCUT2D eigenvalue weighted by molar-refractivity contribution is -0.136. The third kappa shape index (κ3) is 5.28. The van der Waals surface area contributed by atoms with Gasteiger partial charge < -0.3 is 10.0 Å². The number of hydrogen-bond donors (Lipinski definition) is 1. The van der Waals surface area contributed by atoms with Crippen molar-refractivity contribution in [2.75, 3.05) is 20.2 Å². The summed E-state index contributed by atoms with van der Waals surface area (Å²) in [7, 11) is 1.29. The van der Waals surface area contributed by atoms with Crippen molar-refractivity contribution in [3.8, 4) is 11.8 Å². The fourth-order valence-corrected chi connectivity index (χ4v) is 1.33. The zero-order valence-corrected chi connectivity index (χ0v) is 10.7. The number of alkyl halides is 3. The second-order valence-electron chi connectivity index (χ2n) is 3.98. The third-order valence-corrected chi connectivity index (χ3v) is 2.37. The zero-order chi connectivity index (χ0) is 15.2. The Hall–Kier alpha value is -2.07. The summed E-state index contributed by atoms with van der Waals surface area (Å²) < 4.78 is 36.2. The number of carbonyl (C=O) groups is 1. The van der Waals surface area contributed by atoms with Crippen LogP contribution in [0.2, 0.25) is 0 Å². The molecule has 0 aliphatic heterocycles. The van der Waals surface area contributed by atoms with Crippen LogP contribution in [0.15, 0.2) is 18.3 Å². The Morgan fingerprint density at radius 1 is 1.45 bits per heavy atom. The minimum absolute atomic E-state index is 0.0456. The number of nitrogens with zero attached hydrogens (tertiary/aromatic N) is 2. The molecule has 0 unspecified atom stereocenters. The summed E-state index contributed by atoms with van der Waals surface area (Å²) in [6.45, 7) is -0.711. The minimum Gasteiger partial charge on any atom is -0.384 e. The van der Waals surface area contributed by atoms with Crippen LogP contribution in [0.25, 0.3) is 0 Å². The van der Waals surface area contributed by atoms with Crippen molar-refractivity contribution in [1.82, 2.24) is 9.88 Å². The number of rotatable bonds is 3. The number of aromatic nitrogens is 1. The largest absolute Gasteiger partial charge is 0.390 e. The summed E-state index contributed by atoms with van der Waals surface area (Å²) in [5.74, 6) is 4.43. The average Bonchev–Trinajstić information content (AvgIpc) is 2.41. The third-order valence-electron chi connectivity index (χ3n) is 2.37. The molecular weight excluding hydrogens is 273 g/mol. The van der Waals surface area contributed by atoms with Crippen molar-refractivity contribution >= 4 is 5.91 Å². The van der Waals surface area contributed by atoms with Crippen LogP contribution in [0.1, 0.15) is 22.5 Å². The maximum absolute atomic E-state index is 12.1. The Morgan fingerprint density at radius 3 is 2.65 bits per heavy atom. The molecule has 1 N–H and O–H groups in total. The van der Waals surface area contributed by atoms with Gasteiger partial charge in [-0.05, 0) is 12.1 Å². The van der Waals surface area contributed by atoms with Crippen LogP contribution in [0.4, 0.5) is 13.2 Å². The van der Waals surface area contributed by atoms with E-state index >= 15 is 0 Å². The average molecular weight is 286 g/mol. The van der Waals surface area contributed by atoms with Gasteiger partial charge in [0.15, 0.2) is 0 Å². The zero-order valence-electron chi connectivity index (χ0n) is 10.7. The van der Waals surface area contributed by atoms with Crippen molar-refractivity contribution in [2.45, 2.75) is 12.6 Å². The van der Waals surface area contributed by atoms with Gasteiger partial charge in [0.2, 0.25) is 0 Å². The van der Waals surface area contributed by atoms with Crippen LogP contribution in [0.5, 0.6) is 0 Å². The molecule has 0 aromatic carbocycles. The fraction of sp³-hybridized carbons (Fsp3) is 0.385. The Kier molecular flexibility index (Phi) is 5.53. The molecule has 1 aromatic rings.